The molecule has 0 unspecified atom stereocenters. The molecule has 3 aliphatic rings. The van der Waals surface area contributed by atoms with E-state index in [1.807, 2.05) is 34.1 Å². The molecule has 3 aliphatic heterocycles. The van der Waals surface area contributed by atoms with Crippen LogP contribution in [0, 0.1) is 5.92 Å². The van der Waals surface area contributed by atoms with Crippen LogP contribution in [0.25, 0.3) is 0 Å². The normalized spacial score (nSPS) is 24.9. The lowest BCUT2D eigenvalue weighted by atomic mass is 9.90. The Balaban J connectivity index is 1.41. The van der Waals surface area contributed by atoms with Crippen molar-refractivity contribution in [2.45, 2.75) is 18.9 Å². The van der Waals surface area contributed by atoms with Crippen LogP contribution in [0.5, 0.6) is 5.75 Å². The average Bonchev–Trinajstić information content (AvgIpc) is 2.81. The van der Waals surface area contributed by atoms with E-state index in [1.54, 1.807) is 0 Å². The molecule has 0 N–H and O–H groups in total. The van der Waals surface area contributed by atoms with Crippen LogP contribution >= 0.6 is 15.9 Å². The van der Waals surface area contributed by atoms with Crippen LogP contribution < -0.4 is 4.74 Å². The summed E-state index contributed by atoms with van der Waals surface area (Å²) in [5.74, 6) is 0.966. The predicted molar refractivity (Wildman–Crippen MR) is 123 cm³/mol. The lowest BCUT2D eigenvalue weighted by molar-refractivity contribution is -0.142. The van der Waals surface area contributed by atoms with Gasteiger partial charge in [-0.3, -0.25) is 14.5 Å². The zero-order chi connectivity index (χ0) is 22.3. The summed E-state index contributed by atoms with van der Waals surface area (Å²) in [7, 11) is 0. The molecule has 176 valence electrons. The molecule has 0 radical (unpaired) electrons. The molecule has 3 saturated heterocycles. The number of nitrogens with zero attached hydrogens (tertiary/aromatic N) is 3. The Kier molecular flexibility index (Phi) is 8.40. The van der Waals surface area contributed by atoms with Gasteiger partial charge in [0.25, 0.3) is 0 Å². The van der Waals surface area contributed by atoms with E-state index in [4.69, 9.17) is 14.2 Å². The van der Waals surface area contributed by atoms with Crippen molar-refractivity contribution in [2.75, 3.05) is 72.2 Å². The van der Waals surface area contributed by atoms with Crippen LogP contribution in [0.3, 0.4) is 0 Å². The quantitative estimate of drug-likeness (QED) is 0.580. The van der Waals surface area contributed by atoms with E-state index in [2.05, 4.69) is 20.8 Å². The van der Waals surface area contributed by atoms with E-state index < -0.39 is 0 Å². The van der Waals surface area contributed by atoms with Gasteiger partial charge in [0.05, 0.1) is 33.0 Å². The summed E-state index contributed by atoms with van der Waals surface area (Å²) < 4.78 is 18.0. The van der Waals surface area contributed by atoms with E-state index in [1.165, 1.54) is 0 Å². The minimum Gasteiger partial charge on any atom is -0.490 e. The van der Waals surface area contributed by atoms with Gasteiger partial charge in [-0.25, -0.2) is 0 Å². The molecule has 2 atom stereocenters. The number of benzene rings is 1. The highest BCUT2D eigenvalue weighted by molar-refractivity contribution is 9.10. The number of amides is 2. The fraction of sp³-hybridized carbons (Fsp3) is 0.652. The van der Waals surface area contributed by atoms with Crippen molar-refractivity contribution in [1.29, 1.82) is 0 Å². The lowest BCUT2D eigenvalue weighted by Crippen LogP contribution is -2.53. The highest BCUT2D eigenvalue weighted by Crippen LogP contribution is 2.28. The summed E-state index contributed by atoms with van der Waals surface area (Å²) in [6, 6.07) is 7.77. The molecule has 9 heteroatoms. The summed E-state index contributed by atoms with van der Waals surface area (Å²) in [4.78, 5) is 31.9. The molecule has 0 bridgehead atoms. The second-order valence-electron chi connectivity index (χ2n) is 8.59. The average molecular weight is 510 g/mol. The highest BCUT2D eigenvalue weighted by Gasteiger charge is 2.36. The van der Waals surface area contributed by atoms with Crippen molar-refractivity contribution in [3.63, 3.8) is 0 Å². The monoisotopic (exact) mass is 509 g/mol. The first-order valence-corrected chi connectivity index (χ1v) is 12.2. The van der Waals surface area contributed by atoms with Gasteiger partial charge in [0, 0.05) is 62.5 Å². The molecule has 4 rings (SSSR count). The third kappa shape index (κ3) is 6.43. The van der Waals surface area contributed by atoms with Gasteiger partial charge in [-0.15, -0.1) is 0 Å². The largest absolute Gasteiger partial charge is 0.490 e. The van der Waals surface area contributed by atoms with E-state index in [0.29, 0.717) is 72.0 Å². The van der Waals surface area contributed by atoms with Crippen LogP contribution in [0.15, 0.2) is 28.7 Å². The molecule has 0 aliphatic carbocycles. The number of carbonyl (C=O) groups excluding carboxylic acids is 2. The van der Waals surface area contributed by atoms with Crippen molar-refractivity contribution in [3.05, 3.63) is 28.7 Å². The minimum atomic E-state index is -0.110. The van der Waals surface area contributed by atoms with Crippen LogP contribution in [0.2, 0.25) is 0 Å². The summed E-state index contributed by atoms with van der Waals surface area (Å²) in [5, 5.41) is 0. The van der Waals surface area contributed by atoms with Crippen molar-refractivity contribution in [2.24, 2.45) is 5.92 Å². The zero-order valence-corrected chi connectivity index (χ0v) is 20.0. The Morgan fingerprint density at radius 2 is 1.69 bits per heavy atom. The summed E-state index contributed by atoms with van der Waals surface area (Å²) in [6.07, 6.45) is 0.976. The van der Waals surface area contributed by atoms with E-state index in [0.717, 1.165) is 23.3 Å². The van der Waals surface area contributed by atoms with Crippen molar-refractivity contribution in [3.8, 4) is 5.75 Å². The maximum Gasteiger partial charge on any atom is 0.236 e. The van der Waals surface area contributed by atoms with Crippen molar-refractivity contribution in [1.82, 2.24) is 14.7 Å². The number of carbonyl (C=O) groups is 2. The standard InChI is InChI=1S/C23H32BrN3O5/c24-19-2-1-3-20(15-19)32-21-4-5-27(23(29)17-25-6-10-30-11-7-25)16-18(21)14-22(28)26-8-12-31-13-9-26/h1-3,15,18,21H,4-14,16-17H2/t18-,21-/m0/s1. The lowest BCUT2D eigenvalue weighted by Gasteiger charge is -2.40. The maximum absolute atomic E-state index is 13.0. The fourth-order valence-electron chi connectivity index (χ4n) is 4.52. The van der Waals surface area contributed by atoms with Gasteiger partial charge in [-0.05, 0) is 18.2 Å². The molecular formula is C23H32BrN3O5. The summed E-state index contributed by atoms with van der Waals surface area (Å²) in [6.45, 7) is 6.92. The Morgan fingerprint density at radius 3 is 2.41 bits per heavy atom. The van der Waals surface area contributed by atoms with Crippen LogP contribution in [0.1, 0.15) is 12.8 Å². The molecular weight excluding hydrogens is 478 g/mol. The molecule has 1 aromatic carbocycles. The number of hydrogen-bond acceptors (Lipinski definition) is 6. The second kappa shape index (κ2) is 11.4. The van der Waals surface area contributed by atoms with Crippen molar-refractivity contribution >= 4 is 27.7 Å². The second-order valence-corrected chi connectivity index (χ2v) is 9.50. The molecule has 3 fully saturated rings. The number of halogens is 1. The molecule has 0 aromatic heterocycles. The summed E-state index contributed by atoms with van der Waals surface area (Å²) >= 11 is 3.49. The SMILES string of the molecule is O=C(C[C@H]1CN(C(=O)CN2CCOCC2)CC[C@@H]1Oc1cccc(Br)c1)N1CCOCC1. The highest BCUT2D eigenvalue weighted by atomic mass is 79.9. The van der Waals surface area contributed by atoms with E-state index in [-0.39, 0.29) is 23.8 Å². The molecule has 0 saturated carbocycles. The van der Waals surface area contributed by atoms with Gasteiger partial charge < -0.3 is 24.0 Å². The fourth-order valence-corrected chi connectivity index (χ4v) is 4.90. The maximum atomic E-state index is 13.0. The first kappa shape index (κ1) is 23.5. The molecule has 32 heavy (non-hydrogen) atoms. The molecule has 2 amide bonds. The van der Waals surface area contributed by atoms with E-state index in [9.17, 15) is 9.59 Å². The Bertz CT molecular complexity index is 783. The molecule has 8 nitrogen and oxygen atoms in total. The number of likely N-dealkylation sites (tertiary alicyclic amines) is 1. The topological polar surface area (TPSA) is 71.6 Å². The number of hydrogen-bond donors (Lipinski definition) is 0. The van der Waals surface area contributed by atoms with Gasteiger partial charge in [-0.2, -0.15) is 0 Å². The van der Waals surface area contributed by atoms with Crippen LogP contribution in [-0.4, -0.2) is 105 Å². The van der Waals surface area contributed by atoms with Gasteiger partial charge >= 0.3 is 0 Å². The number of ether oxygens (including phenoxy) is 3. The number of morpholine rings is 2. The minimum absolute atomic E-state index is 0.0493. The van der Waals surface area contributed by atoms with Gasteiger partial charge in [0.2, 0.25) is 11.8 Å². The first-order chi connectivity index (χ1) is 15.6. The van der Waals surface area contributed by atoms with Gasteiger partial charge in [-0.1, -0.05) is 22.0 Å². The molecule has 1 aromatic rings. The van der Waals surface area contributed by atoms with Crippen LogP contribution in [-0.2, 0) is 19.1 Å². The Labute approximate surface area is 197 Å². The predicted octanol–water partition coefficient (Wildman–Crippen LogP) is 1.63. The first-order valence-electron chi connectivity index (χ1n) is 11.4. The molecule has 3 heterocycles. The Hall–Kier alpha value is -1.68. The third-order valence-corrected chi connectivity index (χ3v) is 6.86. The summed E-state index contributed by atoms with van der Waals surface area (Å²) in [5.41, 5.74) is 0. The van der Waals surface area contributed by atoms with Gasteiger partial charge in [0.15, 0.2) is 0 Å². The zero-order valence-electron chi connectivity index (χ0n) is 18.4. The van der Waals surface area contributed by atoms with E-state index >= 15 is 0 Å². The smallest absolute Gasteiger partial charge is 0.236 e. The Morgan fingerprint density at radius 1 is 0.969 bits per heavy atom. The number of piperidine rings is 1. The number of rotatable bonds is 6. The van der Waals surface area contributed by atoms with Crippen molar-refractivity contribution < 1.29 is 23.8 Å². The van der Waals surface area contributed by atoms with Crippen LogP contribution in [0.4, 0.5) is 0 Å². The molecule has 0 spiro atoms. The third-order valence-electron chi connectivity index (χ3n) is 6.36. The van der Waals surface area contributed by atoms with Gasteiger partial charge in [0.1, 0.15) is 11.9 Å².